The van der Waals surface area contributed by atoms with Crippen LogP contribution in [0.5, 0.6) is 0 Å². The molecule has 2 rings (SSSR count). The first-order valence-corrected chi connectivity index (χ1v) is 10.1. The van der Waals surface area contributed by atoms with Crippen LogP contribution in [0.2, 0.25) is 10.0 Å². The second-order valence-corrected chi connectivity index (χ2v) is 7.32. The molecule has 0 aliphatic carbocycles. The average molecular weight is 487 g/mol. The molecule has 2 atom stereocenters. The van der Waals surface area contributed by atoms with E-state index in [4.69, 9.17) is 35.0 Å². The zero-order chi connectivity index (χ0) is 22.8. The molecular formula is C19H22Cl3N7O2. The fraction of sp³-hybridized carbons (Fsp3) is 0.211. The van der Waals surface area contributed by atoms with E-state index in [1.54, 1.807) is 50.2 Å². The highest BCUT2D eigenvalue weighted by atomic mass is 35.5. The summed E-state index contributed by atoms with van der Waals surface area (Å²) in [5.41, 5.74) is 7.78. The summed E-state index contributed by atoms with van der Waals surface area (Å²) >= 11 is 17.5. The van der Waals surface area contributed by atoms with E-state index >= 15 is 0 Å². The summed E-state index contributed by atoms with van der Waals surface area (Å²) in [6, 6.07) is 10.2. The summed E-state index contributed by atoms with van der Waals surface area (Å²) in [5, 5.41) is 33.9. The lowest BCUT2D eigenvalue weighted by Crippen LogP contribution is -2.30. The molecule has 0 spiro atoms. The van der Waals surface area contributed by atoms with Gasteiger partial charge in [0.15, 0.2) is 0 Å². The van der Waals surface area contributed by atoms with E-state index < -0.39 is 12.5 Å². The van der Waals surface area contributed by atoms with Gasteiger partial charge in [0.2, 0.25) is 5.96 Å². The maximum atomic E-state index is 9.54. The van der Waals surface area contributed by atoms with E-state index in [1.165, 1.54) is 12.4 Å². The van der Waals surface area contributed by atoms with Crippen LogP contribution in [-0.4, -0.2) is 41.1 Å². The number of hydrazone groups is 2. The van der Waals surface area contributed by atoms with E-state index in [-0.39, 0.29) is 5.96 Å². The van der Waals surface area contributed by atoms with Gasteiger partial charge in [0.05, 0.1) is 12.4 Å². The maximum Gasteiger partial charge on any atom is 0.250 e. The predicted octanol–water partition coefficient (Wildman–Crippen LogP) is 3.55. The summed E-state index contributed by atoms with van der Waals surface area (Å²) < 4.78 is 3.51. The zero-order valence-electron chi connectivity index (χ0n) is 16.6. The molecule has 0 saturated carbocycles. The molecule has 166 valence electrons. The van der Waals surface area contributed by atoms with E-state index in [0.29, 0.717) is 32.5 Å². The molecule has 0 radical (unpaired) electrons. The Balaban J connectivity index is 2.03. The Labute approximate surface area is 194 Å². The highest BCUT2D eigenvalue weighted by Crippen LogP contribution is 2.21. The number of guanidine groups is 1. The van der Waals surface area contributed by atoms with E-state index in [1.807, 2.05) is 0 Å². The van der Waals surface area contributed by atoms with E-state index in [9.17, 15) is 10.2 Å². The summed E-state index contributed by atoms with van der Waals surface area (Å²) in [7, 11) is 0. The Hall–Kier alpha value is -2.56. The summed E-state index contributed by atoms with van der Waals surface area (Å²) in [5.74, 6) is 0.0622. The molecule has 0 aliphatic heterocycles. The van der Waals surface area contributed by atoms with Crippen molar-refractivity contribution in [2.24, 2.45) is 14.7 Å². The maximum absolute atomic E-state index is 9.54. The van der Waals surface area contributed by atoms with Crippen LogP contribution in [0, 0.1) is 0 Å². The van der Waals surface area contributed by atoms with Gasteiger partial charge in [-0.05, 0) is 50.2 Å². The molecule has 12 heteroatoms. The number of anilines is 2. The molecule has 0 fully saturated rings. The van der Waals surface area contributed by atoms with Gasteiger partial charge in [-0.1, -0.05) is 23.2 Å². The van der Waals surface area contributed by atoms with Gasteiger partial charge < -0.3 is 20.8 Å². The first kappa shape index (κ1) is 24.7. The third kappa shape index (κ3) is 8.60. The molecule has 2 aromatic carbocycles. The van der Waals surface area contributed by atoms with Crippen molar-refractivity contribution in [3.05, 3.63) is 57.6 Å². The number of nitrogens with zero attached hydrogens (tertiary/aromatic N) is 3. The highest BCUT2D eigenvalue weighted by molar-refractivity contribution is 6.31. The molecule has 2 unspecified atom stereocenters. The van der Waals surface area contributed by atoms with Gasteiger partial charge in [-0.15, -0.1) is 4.51 Å². The van der Waals surface area contributed by atoms with Crippen molar-refractivity contribution in [3.8, 4) is 0 Å². The van der Waals surface area contributed by atoms with Crippen LogP contribution in [0.1, 0.15) is 25.0 Å². The lowest BCUT2D eigenvalue weighted by molar-refractivity contribution is 0.224. The van der Waals surface area contributed by atoms with Crippen LogP contribution in [0.3, 0.4) is 0 Å². The second kappa shape index (κ2) is 12.3. The fourth-order valence-electron chi connectivity index (χ4n) is 2.37. The number of halogens is 3. The Morgan fingerprint density at radius 2 is 1.26 bits per heavy atom. The minimum Gasteiger partial charge on any atom is -0.374 e. The summed E-state index contributed by atoms with van der Waals surface area (Å²) in [6.45, 7) is 3.17. The monoisotopic (exact) mass is 485 g/mol. The minimum absolute atomic E-state index is 0.0622. The van der Waals surface area contributed by atoms with Crippen LogP contribution in [-0.2, 0) is 0 Å². The van der Waals surface area contributed by atoms with Crippen molar-refractivity contribution in [1.29, 1.82) is 0 Å². The third-order valence-corrected chi connectivity index (χ3v) is 4.23. The largest absolute Gasteiger partial charge is 0.374 e. The molecule has 0 aliphatic rings. The standard InChI is InChI=1S/C19H22Cl3N7O2/c1-11(30)25-17-7-15(20)5-3-13(17)9-23-28-19(27-22)29-24-10-14-4-6-16(21)8-18(14)26-12(2)31/h3-12,25-26,30-31H,1-2H3,(H2,27,28,29)/b23-9+,24-10+. The van der Waals surface area contributed by atoms with Gasteiger partial charge in [0.25, 0.3) is 0 Å². The number of aliphatic hydroxyl groups excluding tert-OH is 2. The van der Waals surface area contributed by atoms with Crippen LogP contribution >= 0.6 is 35.0 Å². The van der Waals surface area contributed by atoms with Crippen molar-refractivity contribution < 1.29 is 10.2 Å². The first-order chi connectivity index (χ1) is 14.8. The minimum atomic E-state index is -0.768. The highest BCUT2D eigenvalue weighted by Gasteiger charge is 2.05. The molecule has 6 N–H and O–H groups in total. The number of aliphatic hydroxyl groups is 2. The van der Waals surface area contributed by atoms with E-state index in [0.717, 1.165) is 0 Å². The van der Waals surface area contributed by atoms with E-state index in [2.05, 4.69) is 36.2 Å². The quantitative estimate of drug-likeness (QED) is 0.147. The van der Waals surface area contributed by atoms with Gasteiger partial charge in [0.1, 0.15) is 12.5 Å². The Morgan fingerprint density at radius 1 is 0.839 bits per heavy atom. The first-order valence-electron chi connectivity index (χ1n) is 9.04. The summed E-state index contributed by atoms with van der Waals surface area (Å²) in [4.78, 5) is 0. The molecule has 9 nitrogen and oxygen atoms in total. The van der Waals surface area contributed by atoms with Crippen molar-refractivity contribution in [2.75, 3.05) is 10.6 Å². The third-order valence-electron chi connectivity index (χ3n) is 3.59. The smallest absolute Gasteiger partial charge is 0.250 e. The van der Waals surface area contributed by atoms with Gasteiger partial charge in [-0.2, -0.15) is 10.2 Å². The Morgan fingerprint density at radius 3 is 1.61 bits per heavy atom. The van der Waals surface area contributed by atoms with Crippen LogP contribution < -0.4 is 21.5 Å². The molecule has 0 saturated heterocycles. The second-order valence-electron chi connectivity index (χ2n) is 6.28. The van der Waals surface area contributed by atoms with Crippen LogP contribution in [0.25, 0.3) is 0 Å². The van der Waals surface area contributed by atoms with Crippen molar-refractivity contribution in [3.63, 3.8) is 0 Å². The number of rotatable bonds is 8. The van der Waals surface area contributed by atoms with Gasteiger partial charge in [-0.25, -0.2) is 10.9 Å². The molecule has 31 heavy (non-hydrogen) atoms. The lowest BCUT2D eigenvalue weighted by atomic mass is 10.2. The lowest BCUT2D eigenvalue weighted by Gasteiger charge is -2.12. The van der Waals surface area contributed by atoms with Gasteiger partial charge >= 0.3 is 0 Å². The number of hydrogen-bond donors (Lipinski definition) is 6. The van der Waals surface area contributed by atoms with Gasteiger partial charge in [-0.3, -0.25) is 0 Å². The van der Waals surface area contributed by atoms with Crippen LogP contribution in [0.4, 0.5) is 11.4 Å². The van der Waals surface area contributed by atoms with Gasteiger partial charge in [0, 0.05) is 44.3 Å². The van der Waals surface area contributed by atoms with Crippen molar-refractivity contribution >= 4 is 64.7 Å². The molecular weight excluding hydrogens is 465 g/mol. The summed E-state index contributed by atoms with van der Waals surface area (Å²) in [6.07, 6.45) is 1.46. The normalized spacial score (nSPS) is 13.1. The number of nitrogens with one attached hydrogen (secondary N) is 4. The number of hydrogen-bond acceptors (Lipinski definition) is 7. The molecule has 0 heterocycles. The SMILES string of the molecule is CC(O)Nc1cc(Cl)ccc1/C=N/NC(=NCl)N/N=C/c1ccc(Cl)cc1NC(C)O. The average Bonchev–Trinajstić information content (AvgIpc) is 2.69. The molecule has 0 bridgehead atoms. The topological polar surface area (TPSA) is 126 Å². The number of benzene rings is 2. The van der Waals surface area contributed by atoms with Crippen molar-refractivity contribution in [2.45, 2.75) is 26.3 Å². The molecule has 0 aromatic heterocycles. The van der Waals surface area contributed by atoms with Crippen molar-refractivity contribution in [1.82, 2.24) is 10.9 Å². The molecule has 0 amide bonds. The zero-order valence-corrected chi connectivity index (χ0v) is 18.9. The Kier molecular flexibility index (Phi) is 9.83. The fourth-order valence-corrected chi connectivity index (χ4v) is 2.79. The Bertz CT molecular complexity index is 892. The molecule has 2 aromatic rings. The predicted molar refractivity (Wildman–Crippen MR) is 128 cm³/mol. The van der Waals surface area contributed by atoms with Crippen LogP contribution in [0.15, 0.2) is 51.1 Å².